The van der Waals surface area contributed by atoms with Gasteiger partial charge in [-0.05, 0) is 24.6 Å². The molecule has 0 radical (unpaired) electrons. The highest BCUT2D eigenvalue weighted by Gasteiger charge is 2.38. The van der Waals surface area contributed by atoms with Crippen LogP contribution in [0.4, 0.5) is 5.69 Å². The van der Waals surface area contributed by atoms with Crippen LogP contribution in [0, 0.1) is 0 Å². The molecule has 6 rings (SSSR count). The molecule has 2 aliphatic rings. The lowest BCUT2D eigenvalue weighted by Gasteiger charge is -2.30. The van der Waals surface area contributed by atoms with Crippen LogP contribution < -0.4 is 15.8 Å². The van der Waals surface area contributed by atoms with E-state index in [-0.39, 0.29) is 5.56 Å². The van der Waals surface area contributed by atoms with Crippen LogP contribution in [0.3, 0.4) is 0 Å². The van der Waals surface area contributed by atoms with E-state index in [0.29, 0.717) is 25.0 Å². The van der Waals surface area contributed by atoms with Crippen LogP contribution >= 0.6 is 0 Å². The number of imidazole rings is 1. The van der Waals surface area contributed by atoms with Crippen LogP contribution in [0.25, 0.3) is 16.4 Å². The summed E-state index contributed by atoms with van der Waals surface area (Å²) in [6.07, 6.45) is 7.64. The van der Waals surface area contributed by atoms with Gasteiger partial charge in [-0.1, -0.05) is 18.2 Å². The third-order valence-electron chi connectivity index (χ3n) is 6.22. The fourth-order valence-corrected chi connectivity index (χ4v) is 4.79. The number of pyridine rings is 1. The summed E-state index contributed by atoms with van der Waals surface area (Å²) in [5.41, 5.74) is 2.91. The minimum absolute atomic E-state index is 0.0161. The highest BCUT2D eigenvalue weighted by molar-refractivity contribution is 5.93. The smallest absolute Gasteiger partial charge is 0.276 e. The molecule has 1 aromatic carbocycles. The van der Waals surface area contributed by atoms with E-state index in [2.05, 4.69) is 26.4 Å². The zero-order valence-electron chi connectivity index (χ0n) is 16.0. The van der Waals surface area contributed by atoms with Crippen molar-refractivity contribution in [2.75, 3.05) is 18.0 Å². The van der Waals surface area contributed by atoms with Gasteiger partial charge in [0.2, 0.25) is 0 Å². The number of rotatable bonds is 4. The Morgan fingerprint density at radius 1 is 1.17 bits per heavy atom. The quantitative estimate of drug-likeness (QED) is 0.580. The van der Waals surface area contributed by atoms with Crippen molar-refractivity contribution in [1.82, 2.24) is 24.5 Å². The Hall–Kier alpha value is -3.19. The molecule has 2 fully saturated rings. The van der Waals surface area contributed by atoms with Crippen LogP contribution in [0.15, 0.2) is 59.8 Å². The van der Waals surface area contributed by atoms with E-state index in [1.807, 2.05) is 53.3 Å². The fourth-order valence-electron chi connectivity index (χ4n) is 4.79. The molecule has 2 bridgehead atoms. The van der Waals surface area contributed by atoms with Gasteiger partial charge in [0.25, 0.3) is 5.56 Å². The van der Waals surface area contributed by atoms with Crippen molar-refractivity contribution < 1.29 is 0 Å². The lowest BCUT2D eigenvalue weighted by Crippen LogP contribution is -2.44. The Labute approximate surface area is 167 Å². The number of piperazine rings is 1. The first kappa shape index (κ1) is 16.7. The third kappa shape index (κ3) is 2.73. The van der Waals surface area contributed by atoms with Gasteiger partial charge in [-0.25, -0.2) is 9.67 Å². The first-order valence-corrected chi connectivity index (χ1v) is 10.2. The Morgan fingerprint density at radius 3 is 2.97 bits per heavy atom. The number of aromatic nitrogens is 4. The molecule has 3 aromatic heterocycles. The summed E-state index contributed by atoms with van der Waals surface area (Å²) in [6.45, 7) is 2.47. The zero-order valence-corrected chi connectivity index (χ0v) is 16.0. The minimum Gasteiger partial charge on any atom is -0.365 e. The topological polar surface area (TPSA) is 67.5 Å². The first-order chi connectivity index (χ1) is 14.3. The van der Waals surface area contributed by atoms with Gasteiger partial charge in [-0.2, -0.15) is 5.10 Å². The Balaban J connectivity index is 1.35. The lowest BCUT2D eigenvalue weighted by atomic mass is 10.1. The molecule has 2 atom stereocenters. The molecule has 0 spiro atoms. The predicted molar refractivity (Wildman–Crippen MR) is 112 cm³/mol. The monoisotopic (exact) mass is 386 g/mol. The van der Waals surface area contributed by atoms with E-state index >= 15 is 0 Å². The number of nitrogens with one attached hydrogen (secondary N) is 1. The molecular weight excluding hydrogens is 364 g/mol. The van der Waals surface area contributed by atoms with E-state index in [9.17, 15) is 4.79 Å². The Kier molecular flexibility index (Phi) is 3.70. The van der Waals surface area contributed by atoms with Gasteiger partial charge in [-0.3, -0.25) is 4.79 Å². The van der Waals surface area contributed by atoms with E-state index in [4.69, 9.17) is 0 Å². The van der Waals surface area contributed by atoms with Crippen molar-refractivity contribution in [3.63, 3.8) is 0 Å². The molecule has 5 heterocycles. The zero-order chi connectivity index (χ0) is 19.4. The molecule has 0 unspecified atom stereocenters. The van der Waals surface area contributed by atoms with Gasteiger partial charge in [0.1, 0.15) is 5.65 Å². The van der Waals surface area contributed by atoms with Crippen molar-refractivity contribution in [2.45, 2.75) is 31.5 Å². The standard InChI is InChI=1S/C22H22N6O/c29-22-21-15(4-3-5-19(21)27-14-17-10-18(27)12-23-17)11-24-28(22)9-7-16-13-26-8-2-1-6-20(26)25-16/h1-6,8,11,13,17-18,23H,7,9-10,12,14H2/t17-,18-/m0/s1. The minimum atomic E-state index is -0.0161. The highest BCUT2D eigenvalue weighted by Crippen LogP contribution is 2.32. The molecule has 146 valence electrons. The summed E-state index contributed by atoms with van der Waals surface area (Å²) >= 11 is 0. The second kappa shape index (κ2) is 6.42. The number of hydrogen-bond donors (Lipinski definition) is 1. The average molecular weight is 386 g/mol. The summed E-state index contributed by atoms with van der Waals surface area (Å²) in [6, 6.07) is 13.0. The molecule has 2 aliphatic heterocycles. The SMILES string of the molecule is O=c1c2c(N3C[C@@H]4C[C@H]3CN4)cccc2cnn1CCc1cn2ccccc2n1. The summed E-state index contributed by atoms with van der Waals surface area (Å²) in [5, 5.41) is 9.65. The molecule has 2 saturated heterocycles. The number of fused-ring (bicyclic) bond motifs is 4. The van der Waals surface area contributed by atoms with Crippen LogP contribution in [-0.2, 0) is 13.0 Å². The largest absolute Gasteiger partial charge is 0.365 e. The van der Waals surface area contributed by atoms with Gasteiger partial charge < -0.3 is 14.6 Å². The van der Waals surface area contributed by atoms with Crippen molar-refractivity contribution in [1.29, 1.82) is 0 Å². The second-order valence-electron chi connectivity index (χ2n) is 8.01. The van der Waals surface area contributed by atoms with Crippen molar-refractivity contribution >= 4 is 22.1 Å². The highest BCUT2D eigenvalue weighted by atomic mass is 16.1. The van der Waals surface area contributed by atoms with Crippen LogP contribution in [0.1, 0.15) is 12.1 Å². The lowest BCUT2D eigenvalue weighted by molar-refractivity contribution is 0.575. The number of nitrogens with zero attached hydrogens (tertiary/aromatic N) is 5. The van der Waals surface area contributed by atoms with Gasteiger partial charge in [-0.15, -0.1) is 0 Å². The molecule has 7 heteroatoms. The number of anilines is 1. The van der Waals surface area contributed by atoms with Gasteiger partial charge in [0.15, 0.2) is 0 Å². The second-order valence-corrected chi connectivity index (χ2v) is 8.01. The predicted octanol–water partition coefficient (Wildman–Crippen LogP) is 1.84. The van der Waals surface area contributed by atoms with Crippen molar-refractivity contribution in [3.8, 4) is 0 Å². The Morgan fingerprint density at radius 2 is 2.14 bits per heavy atom. The molecule has 4 aromatic rings. The molecule has 1 N–H and O–H groups in total. The summed E-state index contributed by atoms with van der Waals surface area (Å²) in [7, 11) is 0. The molecule has 0 saturated carbocycles. The summed E-state index contributed by atoms with van der Waals surface area (Å²) in [5.74, 6) is 0. The van der Waals surface area contributed by atoms with Crippen LogP contribution in [-0.4, -0.2) is 44.3 Å². The maximum absolute atomic E-state index is 13.3. The van der Waals surface area contributed by atoms with Crippen LogP contribution in [0.2, 0.25) is 0 Å². The van der Waals surface area contributed by atoms with Gasteiger partial charge >= 0.3 is 0 Å². The Bertz CT molecular complexity index is 1240. The molecule has 0 amide bonds. The number of hydrogen-bond acceptors (Lipinski definition) is 5. The average Bonchev–Trinajstić information content (AvgIpc) is 3.48. The summed E-state index contributed by atoms with van der Waals surface area (Å²) in [4.78, 5) is 20.4. The van der Waals surface area contributed by atoms with E-state index in [1.54, 1.807) is 4.68 Å². The van der Waals surface area contributed by atoms with E-state index in [0.717, 1.165) is 47.3 Å². The van der Waals surface area contributed by atoms with Crippen LogP contribution in [0.5, 0.6) is 0 Å². The fraction of sp³-hybridized carbons (Fsp3) is 0.318. The van der Waals surface area contributed by atoms with E-state index in [1.165, 1.54) is 0 Å². The third-order valence-corrected chi connectivity index (χ3v) is 6.22. The molecule has 0 aliphatic carbocycles. The number of benzene rings is 1. The maximum atomic E-state index is 13.3. The van der Waals surface area contributed by atoms with Gasteiger partial charge in [0.05, 0.1) is 29.5 Å². The number of aryl methyl sites for hydroxylation is 2. The molecular formula is C22H22N6O. The van der Waals surface area contributed by atoms with Gasteiger partial charge in [0, 0.05) is 49.4 Å². The molecule has 29 heavy (non-hydrogen) atoms. The maximum Gasteiger partial charge on any atom is 0.276 e. The van der Waals surface area contributed by atoms with E-state index < -0.39 is 0 Å². The first-order valence-electron chi connectivity index (χ1n) is 10.2. The molecule has 7 nitrogen and oxygen atoms in total. The van der Waals surface area contributed by atoms with Crippen molar-refractivity contribution in [2.24, 2.45) is 0 Å². The normalized spacial score (nSPS) is 20.9. The summed E-state index contributed by atoms with van der Waals surface area (Å²) < 4.78 is 3.59. The van der Waals surface area contributed by atoms with Crippen molar-refractivity contribution in [3.05, 3.63) is 71.0 Å².